The zero-order chi connectivity index (χ0) is 26.0. The third-order valence-electron chi connectivity index (χ3n) is 5.72. The van der Waals surface area contributed by atoms with Gasteiger partial charge in [-0.1, -0.05) is 36.4 Å². The van der Waals surface area contributed by atoms with Crippen LogP contribution in [-0.4, -0.2) is 37.7 Å². The van der Waals surface area contributed by atoms with Crippen LogP contribution in [0.3, 0.4) is 0 Å². The van der Waals surface area contributed by atoms with Crippen LogP contribution in [0.15, 0.2) is 64.4 Å². The molecule has 186 valence electrons. The van der Waals surface area contributed by atoms with Crippen LogP contribution in [-0.2, 0) is 35.0 Å². The molecule has 0 radical (unpaired) electrons. The van der Waals surface area contributed by atoms with Crippen molar-refractivity contribution in [3.05, 3.63) is 86.8 Å². The molecule has 2 aromatic carbocycles. The highest BCUT2D eigenvalue weighted by Gasteiger charge is 2.27. The normalized spacial score (nSPS) is 11.8. The number of methoxy groups -OCH3 is 1. The fourth-order valence-corrected chi connectivity index (χ4v) is 3.84. The second-order valence-electron chi connectivity index (χ2n) is 8.22. The predicted molar refractivity (Wildman–Crippen MR) is 132 cm³/mol. The molecule has 1 amide bonds. The van der Waals surface area contributed by atoms with E-state index in [1.807, 2.05) is 13.0 Å². The Morgan fingerprint density at radius 1 is 1.06 bits per heavy atom. The summed E-state index contributed by atoms with van der Waals surface area (Å²) in [7, 11) is 4.31. The molecule has 0 aliphatic carbocycles. The summed E-state index contributed by atoms with van der Waals surface area (Å²) in [6.45, 7) is 1.48. The van der Waals surface area contributed by atoms with E-state index in [1.165, 1.54) is 36.7 Å². The number of hydrogen-bond donors (Lipinski definition) is 1. The van der Waals surface area contributed by atoms with Gasteiger partial charge >= 0.3 is 11.7 Å². The van der Waals surface area contributed by atoms with E-state index in [4.69, 9.17) is 9.47 Å². The van der Waals surface area contributed by atoms with Crippen LogP contribution in [0.1, 0.15) is 17.2 Å². The van der Waals surface area contributed by atoms with Gasteiger partial charge in [0, 0.05) is 19.7 Å². The van der Waals surface area contributed by atoms with Crippen molar-refractivity contribution in [3.8, 4) is 5.75 Å². The number of amides is 1. The topological polar surface area (TPSA) is 126 Å². The number of imidazole rings is 1. The van der Waals surface area contributed by atoms with Crippen LogP contribution >= 0.6 is 0 Å². The fourth-order valence-electron chi connectivity index (χ4n) is 3.84. The smallest absolute Gasteiger partial charge is 0.332 e. The van der Waals surface area contributed by atoms with Crippen molar-refractivity contribution in [2.45, 2.75) is 19.6 Å². The van der Waals surface area contributed by atoms with Crippen LogP contribution < -0.4 is 21.3 Å². The van der Waals surface area contributed by atoms with E-state index in [1.54, 1.807) is 42.5 Å². The van der Waals surface area contributed by atoms with E-state index in [0.29, 0.717) is 17.0 Å². The number of nitrogens with zero attached hydrogens (tertiary/aromatic N) is 4. The minimum Gasteiger partial charge on any atom is -0.495 e. The lowest BCUT2D eigenvalue weighted by atomic mass is 10.1. The van der Waals surface area contributed by atoms with Crippen molar-refractivity contribution in [3.63, 3.8) is 0 Å². The molecule has 2 aromatic heterocycles. The molecule has 1 atom stereocenters. The lowest BCUT2D eigenvalue weighted by molar-refractivity contribution is -0.155. The lowest BCUT2D eigenvalue weighted by Gasteiger charge is -2.19. The summed E-state index contributed by atoms with van der Waals surface area (Å²) < 4.78 is 14.4. The second-order valence-corrected chi connectivity index (χ2v) is 8.22. The van der Waals surface area contributed by atoms with Gasteiger partial charge in [0.15, 0.2) is 11.2 Å². The van der Waals surface area contributed by atoms with Gasteiger partial charge in [-0.3, -0.25) is 23.5 Å². The number of benzene rings is 2. The van der Waals surface area contributed by atoms with Crippen molar-refractivity contribution in [1.29, 1.82) is 0 Å². The number of esters is 1. The van der Waals surface area contributed by atoms with Crippen LogP contribution in [0, 0.1) is 6.92 Å². The van der Waals surface area contributed by atoms with Crippen molar-refractivity contribution >= 4 is 28.7 Å². The summed E-state index contributed by atoms with van der Waals surface area (Å²) in [5, 5.41) is 2.77. The summed E-state index contributed by atoms with van der Waals surface area (Å²) in [6.07, 6.45) is 0.00741. The molecule has 0 fully saturated rings. The molecule has 4 aromatic rings. The Hall–Kier alpha value is -4.67. The van der Waals surface area contributed by atoms with Crippen molar-refractivity contribution in [1.82, 2.24) is 18.7 Å². The molecule has 0 saturated carbocycles. The van der Waals surface area contributed by atoms with Gasteiger partial charge in [0.1, 0.15) is 12.3 Å². The minimum atomic E-state index is -1.27. The maximum atomic E-state index is 13.3. The zero-order valence-corrected chi connectivity index (χ0v) is 20.2. The number of fused-ring (bicyclic) bond motifs is 1. The fraction of sp³-hybridized carbons (Fsp3) is 0.240. The molecule has 0 saturated heterocycles. The number of nitrogens with one attached hydrogen (secondary N) is 1. The molecule has 0 aliphatic heterocycles. The van der Waals surface area contributed by atoms with Gasteiger partial charge in [-0.25, -0.2) is 9.78 Å². The van der Waals surface area contributed by atoms with Crippen LogP contribution in [0.2, 0.25) is 0 Å². The maximum absolute atomic E-state index is 13.3. The average Bonchev–Trinajstić information content (AvgIpc) is 3.29. The Kier molecular flexibility index (Phi) is 6.73. The summed E-state index contributed by atoms with van der Waals surface area (Å²) >= 11 is 0. The first kappa shape index (κ1) is 24.5. The minimum absolute atomic E-state index is 0.0711. The highest BCUT2D eigenvalue weighted by Crippen LogP contribution is 2.28. The van der Waals surface area contributed by atoms with Gasteiger partial charge in [-0.05, 0) is 24.6 Å². The molecule has 1 N–H and O–H groups in total. The number of carbonyl (C=O) groups is 2. The Balaban J connectivity index is 1.63. The van der Waals surface area contributed by atoms with E-state index in [2.05, 4.69) is 10.3 Å². The molecule has 36 heavy (non-hydrogen) atoms. The first-order chi connectivity index (χ1) is 17.2. The van der Waals surface area contributed by atoms with Crippen molar-refractivity contribution < 1.29 is 19.1 Å². The molecule has 0 aliphatic rings. The molecule has 0 unspecified atom stereocenters. The highest BCUT2D eigenvalue weighted by molar-refractivity contribution is 5.97. The van der Waals surface area contributed by atoms with Gasteiger partial charge < -0.3 is 19.4 Å². The van der Waals surface area contributed by atoms with Crippen LogP contribution in [0.25, 0.3) is 11.2 Å². The van der Waals surface area contributed by atoms with Gasteiger partial charge in [0.25, 0.3) is 11.5 Å². The number of aromatic nitrogens is 4. The van der Waals surface area contributed by atoms with E-state index < -0.39 is 35.8 Å². The molecule has 4 rings (SSSR count). The molecule has 0 spiro atoms. The first-order valence-electron chi connectivity index (χ1n) is 11.0. The van der Waals surface area contributed by atoms with Crippen LogP contribution in [0.4, 0.5) is 5.69 Å². The number of aryl methyl sites for hydroxylation is 2. The van der Waals surface area contributed by atoms with Gasteiger partial charge in [-0.15, -0.1) is 0 Å². The standard InChI is InChI=1S/C25H25N5O6/c1-15-10-11-18(35-4)17(12-15)27-23(32)21(16-8-6-5-7-9-16)36-19(31)13-30-14-26-22-20(30)24(33)29(3)25(34)28(22)2/h5-12,14,21H,13H2,1-4H3,(H,27,32)/t21-/m1/s1. The summed E-state index contributed by atoms with van der Waals surface area (Å²) in [4.78, 5) is 55.2. The quantitative estimate of drug-likeness (QED) is 0.390. The van der Waals surface area contributed by atoms with E-state index >= 15 is 0 Å². The zero-order valence-electron chi connectivity index (χ0n) is 20.2. The number of carbonyl (C=O) groups excluding carboxylic acids is 2. The second kappa shape index (κ2) is 9.90. The first-order valence-corrected chi connectivity index (χ1v) is 11.0. The predicted octanol–water partition coefficient (Wildman–Crippen LogP) is 1.67. The highest BCUT2D eigenvalue weighted by atomic mass is 16.5. The summed E-state index contributed by atoms with van der Waals surface area (Å²) in [6, 6.07) is 13.9. The van der Waals surface area contributed by atoms with Crippen LogP contribution in [0.5, 0.6) is 5.75 Å². The van der Waals surface area contributed by atoms with Crippen molar-refractivity contribution in [2.75, 3.05) is 12.4 Å². The number of anilines is 1. The maximum Gasteiger partial charge on any atom is 0.332 e. The lowest BCUT2D eigenvalue weighted by Crippen LogP contribution is -2.37. The molecule has 11 heteroatoms. The van der Waals surface area contributed by atoms with Gasteiger partial charge in [0.2, 0.25) is 6.10 Å². The number of rotatable bonds is 7. The van der Waals surface area contributed by atoms with E-state index in [-0.39, 0.29) is 11.2 Å². The summed E-state index contributed by atoms with van der Waals surface area (Å²) in [5.41, 5.74) is 0.882. The largest absolute Gasteiger partial charge is 0.495 e. The van der Waals surface area contributed by atoms with Crippen molar-refractivity contribution in [2.24, 2.45) is 14.1 Å². The monoisotopic (exact) mass is 491 g/mol. The Morgan fingerprint density at radius 2 is 1.78 bits per heavy atom. The third kappa shape index (κ3) is 4.63. The van der Waals surface area contributed by atoms with Gasteiger partial charge in [0.05, 0.1) is 19.1 Å². The molecule has 11 nitrogen and oxygen atoms in total. The SMILES string of the molecule is COc1ccc(C)cc1NC(=O)[C@H](OC(=O)Cn1cnc2c1c(=O)n(C)c(=O)n2C)c1ccccc1. The van der Waals surface area contributed by atoms with Gasteiger partial charge in [-0.2, -0.15) is 0 Å². The number of hydrogen-bond acceptors (Lipinski definition) is 7. The van der Waals surface area contributed by atoms with E-state index in [0.717, 1.165) is 10.1 Å². The Morgan fingerprint density at radius 3 is 2.47 bits per heavy atom. The molecular weight excluding hydrogens is 466 g/mol. The Bertz CT molecular complexity index is 1570. The molecular formula is C25H25N5O6. The molecule has 2 heterocycles. The summed E-state index contributed by atoms with van der Waals surface area (Å²) in [5.74, 6) is -0.893. The average molecular weight is 492 g/mol. The van der Waals surface area contributed by atoms with E-state index in [9.17, 15) is 19.2 Å². The third-order valence-corrected chi connectivity index (χ3v) is 5.72. The number of ether oxygens (including phenoxy) is 2. The molecule has 0 bridgehead atoms. The Labute approximate surface area is 205 Å².